The van der Waals surface area contributed by atoms with Gasteiger partial charge in [0.25, 0.3) is 0 Å². The fourth-order valence-corrected chi connectivity index (χ4v) is 4.27. The minimum Gasteiger partial charge on any atom is -0.240 e. The highest BCUT2D eigenvalue weighted by Crippen LogP contribution is 2.36. The molecule has 6 heteroatoms. The maximum atomic E-state index is 4.43. The Balaban J connectivity index is 2.20. The van der Waals surface area contributed by atoms with E-state index < -0.39 is 0 Å². The number of aromatic nitrogens is 2. The maximum absolute atomic E-state index is 4.43. The average Bonchev–Trinajstić information content (AvgIpc) is 2.75. The third-order valence-electron chi connectivity index (χ3n) is 2.33. The van der Waals surface area contributed by atoms with E-state index in [9.17, 15) is 0 Å². The molecule has 1 aliphatic heterocycles. The number of aliphatic imine (C=N–C) groups is 1. The summed E-state index contributed by atoms with van der Waals surface area (Å²) >= 11 is 3.48. The Kier molecular flexibility index (Phi) is 3.02. The van der Waals surface area contributed by atoms with Crippen molar-refractivity contribution >= 4 is 57.7 Å². The lowest BCUT2D eigenvalue weighted by Gasteiger charge is -2.04. The minimum absolute atomic E-state index is 0.164. The molecule has 0 saturated heterocycles. The molecule has 0 spiro atoms. The topological polar surface area (TPSA) is 38.1 Å². The lowest BCUT2D eigenvalue weighted by Crippen LogP contribution is -1.99. The fourth-order valence-electron chi connectivity index (χ4n) is 1.59. The van der Waals surface area contributed by atoms with Crippen molar-refractivity contribution in [3.8, 4) is 0 Å². The van der Waals surface area contributed by atoms with Gasteiger partial charge in [-0.2, -0.15) is 0 Å². The molecule has 1 aliphatic rings. The normalized spacial score (nSPS) is 19.2. The van der Waals surface area contributed by atoms with Crippen LogP contribution in [-0.4, -0.2) is 26.8 Å². The number of halogens is 1. The van der Waals surface area contributed by atoms with Gasteiger partial charge in [0.2, 0.25) is 0 Å². The highest BCUT2D eigenvalue weighted by molar-refractivity contribution is 9.10. The van der Waals surface area contributed by atoms with E-state index >= 15 is 0 Å². The van der Waals surface area contributed by atoms with Crippen LogP contribution in [-0.2, 0) is 0 Å². The SMILES string of the molecule is CS1=CN=C(c2ncnc3ccc(Br)cc23)S1. The first-order valence-corrected chi connectivity index (χ1v) is 8.71. The molecule has 1 unspecified atom stereocenters. The minimum atomic E-state index is 0.164. The number of hydrogen-bond acceptors (Lipinski definition) is 4. The third-order valence-corrected chi connectivity index (χ3v) is 5.46. The van der Waals surface area contributed by atoms with Crippen LogP contribution in [0.4, 0.5) is 0 Å². The molecule has 1 aromatic heterocycles. The van der Waals surface area contributed by atoms with Crippen molar-refractivity contribution in [3.05, 3.63) is 34.7 Å². The van der Waals surface area contributed by atoms with Gasteiger partial charge >= 0.3 is 0 Å². The summed E-state index contributed by atoms with van der Waals surface area (Å²) in [6.45, 7) is 0. The van der Waals surface area contributed by atoms with Gasteiger partial charge in [-0.15, -0.1) is 9.52 Å². The van der Waals surface area contributed by atoms with Crippen molar-refractivity contribution in [1.82, 2.24) is 9.97 Å². The Morgan fingerprint density at radius 1 is 1.29 bits per heavy atom. The van der Waals surface area contributed by atoms with Crippen molar-refractivity contribution in [1.29, 1.82) is 0 Å². The second kappa shape index (κ2) is 4.51. The summed E-state index contributed by atoms with van der Waals surface area (Å²) in [4.78, 5) is 13.1. The summed E-state index contributed by atoms with van der Waals surface area (Å²) in [5, 5.41) is 2.03. The lowest BCUT2D eigenvalue weighted by atomic mass is 10.2. The van der Waals surface area contributed by atoms with Gasteiger partial charge in [0.1, 0.15) is 17.1 Å². The van der Waals surface area contributed by atoms with Gasteiger partial charge in [-0.05, 0) is 35.2 Å². The molecule has 3 nitrogen and oxygen atoms in total. The molecule has 2 heterocycles. The number of benzene rings is 1. The zero-order valence-corrected chi connectivity index (χ0v) is 12.1. The van der Waals surface area contributed by atoms with Gasteiger partial charge in [-0.25, -0.2) is 15.0 Å². The number of hydrogen-bond donors (Lipinski definition) is 0. The van der Waals surface area contributed by atoms with Gasteiger partial charge in [-0.3, -0.25) is 0 Å². The lowest BCUT2D eigenvalue weighted by molar-refractivity contribution is 1.21. The Morgan fingerprint density at radius 3 is 2.94 bits per heavy atom. The van der Waals surface area contributed by atoms with Gasteiger partial charge in [0.15, 0.2) is 0 Å². The molecule has 0 amide bonds. The van der Waals surface area contributed by atoms with E-state index in [-0.39, 0.29) is 9.52 Å². The van der Waals surface area contributed by atoms with Crippen molar-refractivity contribution in [3.63, 3.8) is 0 Å². The quantitative estimate of drug-likeness (QED) is 0.595. The van der Waals surface area contributed by atoms with Gasteiger partial charge in [-0.1, -0.05) is 15.9 Å². The van der Waals surface area contributed by atoms with Crippen LogP contribution in [0.1, 0.15) is 5.69 Å². The number of rotatable bonds is 1. The molecular formula is C11H8BrN3S2. The highest BCUT2D eigenvalue weighted by Gasteiger charge is 2.15. The van der Waals surface area contributed by atoms with Crippen molar-refractivity contribution < 1.29 is 0 Å². The van der Waals surface area contributed by atoms with Crippen molar-refractivity contribution in [2.75, 3.05) is 6.26 Å². The van der Waals surface area contributed by atoms with Crippen molar-refractivity contribution in [2.45, 2.75) is 0 Å². The highest BCUT2D eigenvalue weighted by atomic mass is 79.9. The van der Waals surface area contributed by atoms with E-state index in [1.807, 2.05) is 23.7 Å². The molecule has 1 aromatic carbocycles. The van der Waals surface area contributed by atoms with Gasteiger partial charge in [0.05, 0.1) is 11.0 Å². The fraction of sp³-hybridized carbons (Fsp3) is 0.0909. The van der Waals surface area contributed by atoms with Crippen LogP contribution >= 0.6 is 36.2 Å². The molecule has 0 N–H and O–H groups in total. The Morgan fingerprint density at radius 2 is 2.18 bits per heavy atom. The Bertz CT molecular complexity index is 667. The number of fused-ring (bicyclic) bond motifs is 1. The molecule has 0 fully saturated rings. The van der Waals surface area contributed by atoms with E-state index in [1.54, 1.807) is 17.1 Å². The van der Waals surface area contributed by atoms with Crippen molar-refractivity contribution in [2.24, 2.45) is 4.99 Å². The maximum Gasteiger partial charge on any atom is 0.133 e. The summed E-state index contributed by atoms with van der Waals surface area (Å²) in [6, 6.07) is 6.01. The van der Waals surface area contributed by atoms with Crippen LogP contribution in [0.2, 0.25) is 0 Å². The molecule has 0 saturated carbocycles. The van der Waals surface area contributed by atoms with Crippen LogP contribution in [0.3, 0.4) is 0 Å². The summed E-state index contributed by atoms with van der Waals surface area (Å²) in [5.74, 6) is 0. The third kappa shape index (κ3) is 2.17. The van der Waals surface area contributed by atoms with E-state index in [4.69, 9.17) is 0 Å². The zero-order valence-electron chi connectivity index (χ0n) is 8.92. The molecule has 0 bridgehead atoms. The number of nitrogens with zero attached hydrogens (tertiary/aromatic N) is 3. The summed E-state index contributed by atoms with van der Waals surface area (Å²) in [5.41, 5.74) is 3.85. The largest absolute Gasteiger partial charge is 0.240 e. The predicted molar refractivity (Wildman–Crippen MR) is 80.9 cm³/mol. The monoisotopic (exact) mass is 325 g/mol. The van der Waals surface area contributed by atoms with E-state index in [1.165, 1.54) is 0 Å². The molecule has 0 aliphatic carbocycles. The van der Waals surface area contributed by atoms with Crippen LogP contribution in [0.25, 0.3) is 10.9 Å². The molecule has 17 heavy (non-hydrogen) atoms. The molecule has 0 radical (unpaired) electrons. The Labute approximate surface area is 113 Å². The van der Waals surface area contributed by atoms with E-state index in [2.05, 4.69) is 37.1 Å². The predicted octanol–water partition coefficient (Wildman–Crippen LogP) is 3.46. The first-order valence-electron chi connectivity index (χ1n) is 4.89. The zero-order chi connectivity index (χ0) is 11.8. The standard InChI is InChI=1S/C11H8BrN3S2/c1-17-6-15-11(16-17)10-8-4-7(12)2-3-9(8)13-5-14-10/h2-6H,1H3. The average molecular weight is 326 g/mol. The van der Waals surface area contributed by atoms with E-state index in [0.717, 1.165) is 26.1 Å². The first kappa shape index (κ1) is 11.4. The first-order chi connectivity index (χ1) is 8.24. The van der Waals surface area contributed by atoms with Crippen LogP contribution in [0, 0.1) is 0 Å². The molecule has 2 aromatic rings. The van der Waals surface area contributed by atoms with Crippen LogP contribution in [0.5, 0.6) is 0 Å². The second-order valence-corrected chi connectivity index (χ2v) is 8.26. The molecule has 86 valence electrons. The van der Waals surface area contributed by atoms with Gasteiger partial charge < -0.3 is 0 Å². The Hall–Kier alpha value is -0.720. The van der Waals surface area contributed by atoms with Crippen LogP contribution < -0.4 is 0 Å². The summed E-state index contributed by atoms with van der Waals surface area (Å²) < 4.78 is 1.03. The van der Waals surface area contributed by atoms with Crippen LogP contribution in [0.15, 0.2) is 34.0 Å². The molecule has 3 rings (SSSR count). The second-order valence-electron chi connectivity index (χ2n) is 3.51. The molecule has 1 atom stereocenters. The van der Waals surface area contributed by atoms with E-state index in [0.29, 0.717) is 0 Å². The smallest absolute Gasteiger partial charge is 0.133 e. The summed E-state index contributed by atoms with van der Waals surface area (Å²) in [7, 11) is 1.92. The molecular weight excluding hydrogens is 318 g/mol. The summed E-state index contributed by atoms with van der Waals surface area (Å²) in [6.07, 6.45) is 3.75. The van der Waals surface area contributed by atoms with Gasteiger partial charge in [0, 0.05) is 9.86 Å².